The first-order valence-electron chi connectivity index (χ1n) is 4.77. The van der Waals surface area contributed by atoms with Gasteiger partial charge in [0.25, 0.3) is 0 Å². The van der Waals surface area contributed by atoms with Gasteiger partial charge in [-0.15, -0.1) is 0 Å². The summed E-state index contributed by atoms with van der Waals surface area (Å²) < 4.78 is 0.843. The van der Waals surface area contributed by atoms with E-state index in [0.717, 1.165) is 29.8 Å². The van der Waals surface area contributed by atoms with Crippen LogP contribution in [0.25, 0.3) is 0 Å². The van der Waals surface area contributed by atoms with Gasteiger partial charge in [-0.2, -0.15) is 5.26 Å². The third-order valence-corrected chi connectivity index (χ3v) is 2.75. The molecule has 1 aliphatic heterocycles. The number of nitriles is 1. The average molecular weight is 264 g/mol. The van der Waals surface area contributed by atoms with E-state index in [-0.39, 0.29) is 0 Å². The Hall–Kier alpha value is -1.34. The number of aromatic nitrogens is 1. The van der Waals surface area contributed by atoms with E-state index in [4.69, 9.17) is 5.26 Å². The van der Waals surface area contributed by atoms with Gasteiger partial charge in [-0.25, -0.2) is 4.98 Å². The minimum Gasteiger partial charge on any atom is -0.351 e. The Bertz CT molecular complexity index is 434. The maximum Gasteiger partial charge on any atom is 0.146 e. The molecule has 0 spiro atoms. The fourth-order valence-electron chi connectivity index (χ4n) is 1.60. The van der Waals surface area contributed by atoms with Crippen LogP contribution in [0.3, 0.4) is 0 Å². The molecule has 0 fully saturated rings. The normalized spacial score (nSPS) is 15.1. The summed E-state index contributed by atoms with van der Waals surface area (Å²) in [6.07, 6.45) is 7.01. The van der Waals surface area contributed by atoms with E-state index in [9.17, 15) is 0 Å². The lowest BCUT2D eigenvalue weighted by Gasteiger charge is -2.25. The van der Waals surface area contributed by atoms with Gasteiger partial charge in [0.2, 0.25) is 0 Å². The van der Waals surface area contributed by atoms with E-state index >= 15 is 0 Å². The van der Waals surface area contributed by atoms with E-state index < -0.39 is 0 Å². The van der Waals surface area contributed by atoms with E-state index in [1.165, 1.54) is 0 Å². The maximum atomic E-state index is 9.02. The number of rotatable bonds is 1. The zero-order chi connectivity index (χ0) is 10.7. The van der Waals surface area contributed by atoms with Crippen molar-refractivity contribution < 1.29 is 0 Å². The van der Waals surface area contributed by atoms with Crippen LogP contribution in [0, 0.1) is 11.3 Å². The summed E-state index contributed by atoms with van der Waals surface area (Å²) in [7, 11) is 0. The van der Waals surface area contributed by atoms with Crippen molar-refractivity contribution in [3.05, 3.63) is 34.5 Å². The van der Waals surface area contributed by atoms with Crippen LogP contribution in [0.2, 0.25) is 0 Å². The summed E-state index contributed by atoms with van der Waals surface area (Å²) in [5, 5.41) is 9.02. The predicted molar refractivity (Wildman–Crippen MR) is 62.6 cm³/mol. The number of hydrogen-bond donors (Lipinski definition) is 0. The summed E-state index contributed by atoms with van der Waals surface area (Å²) in [6, 6.07) is 3.98. The van der Waals surface area contributed by atoms with Gasteiger partial charge in [0.15, 0.2) is 0 Å². The fourth-order valence-corrected chi connectivity index (χ4v) is 1.93. The molecule has 15 heavy (non-hydrogen) atoms. The molecule has 1 aromatic rings. The molecule has 0 amide bonds. The van der Waals surface area contributed by atoms with Gasteiger partial charge in [-0.1, -0.05) is 12.2 Å². The molecule has 2 rings (SSSR count). The molecule has 4 heteroatoms. The van der Waals surface area contributed by atoms with E-state index in [0.29, 0.717) is 5.56 Å². The van der Waals surface area contributed by atoms with Crippen molar-refractivity contribution in [2.75, 3.05) is 18.0 Å². The van der Waals surface area contributed by atoms with Gasteiger partial charge in [-0.3, -0.25) is 0 Å². The molecule has 3 nitrogen and oxygen atoms in total. The lowest BCUT2D eigenvalue weighted by atomic mass is 10.2. The smallest absolute Gasteiger partial charge is 0.146 e. The second-order valence-corrected chi connectivity index (χ2v) is 4.26. The Morgan fingerprint density at radius 2 is 2.33 bits per heavy atom. The molecule has 76 valence electrons. The van der Waals surface area contributed by atoms with Gasteiger partial charge < -0.3 is 4.90 Å². The molecular formula is C11H10BrN3. The highest BCUT2D eigenvalue weighted by molar-refractivity contribution is 9.10. The van der Waals surface area contributed by atoms with Gasteiger partial charge in [0.05, 0.1) is 5.56 Å². The summed E-state index contributed by atoms with van der Waals surface area (Å²) >= 11 is 3.32. The molecule has 0 N–H and O–H groups in total. The zero-order valence-electron chi connectivity index (χ0n) is 8.15. The number of hydrogen-bond acceptors (Lipinski definition) is 3. The van der Waals surface area contributed by atoms with Crippen molar-refractivity contribution in [3.8, 4) is 6.07 Å². The first-order chi connectivity index (χ1) is 7.31. The van der Waals surface area contributed by atoms with Crippen LogP contribution < -0.4 is 4.90 Å². The largest absolute Gasteiger partial charge is 0.351 e. The lowest BCUT2D eigenvalue weighted by molar-refractivity contribution is 0.804. The van der Waals surface area contributed by atoms with Crippen molar-refractivity contribution in [2.24, 2.45) is 0 Å². The lowest BCUT2D eigenvalue weighted by Crippen LogP contribution is -2.28. The quantitative estimate of drug-likeness (QED) is 0.731. The van der Waals surface area contributed by atoms with Crippen LogP contribution in [0.5, 0.6) is 0 Å². The topological polar surface area (TPSA) is 39.9 Å². The first kappa shape index (κ1) is 10.2. The van der Waals surface area contributed by atoms with Crippen molar-refractivity contribution in [1.29, 1.82) is 5.26 Å². The van der Waals surface area contributed by atoms with Crippen molar-refractivity contribution in [2.45, 2.75) is 6.42 Å². The second-order valence-electron chi connectivity index (χ2n) is 3.34. The summed E-state index contributed by atoms with van der Waals surface area (Å²) in [4.78, 5) is 6.41. The van der Waals surface area contributed by atoms with Gasteiger partial charge >= 0.3 is 0 Å². The van der Waals surface area contributed by atoms with Crippen molar-refractivity contribution >= 4 is 21.7 Å². The van der Waals surface area contributed by atoms with Gasteiger partial charge in [0, 0.05) is 23.8 Å². The van der Waals surface area contributed by atoms with Crippen LogP contribution in [0.1, 0.15) is 12.0 Å². The fraction of sp³-hybridized carbons (Fsp3) is 0.273. The van der Waals surface area contributed by atoms with Crippen molar-refractivity contribution in [3.63, 3.8) is 0 Å². The Morgan fingerprint density at radius 3 is 3.00 bits per heavy atom. The maximum absolute atomic E-state index is 9.02. The monoisotopic (exact) mass is 263 g/mol. The molecule has 1 aromatic heterocycles. The Balaban J connectivity index is 2.35. The summed E-state index contributed by atoms with van der Waals surface area (Å²) in [5.41, 5.74) is 0.625. The number of halogens is 1. The summed E-state index contributed by atoms with van der Waals surface area (Å²) in [6.45, 7) is 1.77. The molecule has 0 radical (unpaired) electrons. The predicted octanol–water partition coefficient (Wildman–Crippen LogP) is 2.48. The number of anilines is 1. The highest BCUT2D eigenvalue weighted by atomic mass is 79.9. The number of nitrogens with zero attached hydrogens (tertiary/aromatic N) is 3. The Morgan fingerprint density at radius 1 is 1.47 bits per heavy atom. The molecule has 0 bridgehead atoms. The average Bonchev–Trinajstić information content (AvgIpc) is 2.30. The molecule has 0 saturated heterocycles. The Labute approximate surface area is 97.2 Å². The minimum atomic E-state index is 0.625. The van der Waals surface area contributed by atoms with E-state index in [1.54, 1.807) is 12.3 Å². The molecule has 0 aliphatic carbocycles. The highest BCUT2D eigenvalue weighted by Crippen LogP contribution is 2.22. The van der Waals surface area contributed by atoms with Crippen LogP contribution in [-0.4, -0.2) is 18.1 Å². The second kappa shape index (κ2) is 4.45. The summed E-state index contributed by atoms with van der Waals surface area (Å²) in [5.74, 6) is 0.782. The third-order valence-electron chi connectivity index (χ3n) is 2.31. The number of pyridine rings is 1. The molecule has 0 unspecified atom stereocenters. The molecule has 0 aromatic carbocycles. The van der Waals surface area contributed by atoms with Crippen LogP contribution in [-0.2, 0) is 0 Å². The van der Waals surface area contributed by atoms with E-state index in [2.05, 4.69) is 44.0 Å². The van der Waals surface area contributed by atoms with Crippen molar-refractivity contribution in [1.82, 2.24) is 4.98 Å². The first-order valence-corrected chi connectivity index (χ1v) is 5.56. The van der Waals surface area contributed by atoms with E-state index in [1.807, 2.05) is 0 Å². The molecular weight excluding hydrogens is 254 g/mol. The minimum absolute atomic E-state index is 0.625. The van der Waals surface area contributed by atoms with Crippen LogP contribution in [0.15, 0.2) is 28.9 Å². The molecule has 0 atom stereocenters. The molecule has 0 saturated carbocycles. The van der Waals surface area contributed by atoms with Gasteiger partial charge in [0.1, 0.15) is 11.9 Å². The standard InChI is InChI=1S/C11H10BrN3/c12-10-6-9(7-13)11(14-8-10)15-4-2-1-3-5-15/h1-2,6,8H,3-5H2. The highest BCUT2D eigenvalue weighted by Gasteiger charge is 2.13. The van der Waals surface area contributed by atoms with Gasteiger partial charge in [-0.05, 0) is 28.4 Å². The molecule has 1 aliphatic rings. The van der Waals surface area contributed by atoms with Crippen LogP contribution in [0.4, 0.5) is 5.82 Å². The SMILES string of the molecule is N#Cc1cc(Br)cnc1N1CC=CCC1. The third kappa shape index (κ3) is 2.18. The molecule has 2 heterocycles. The zero-order valence-corrected chi connectivity index (χ0v) is 9.74. The van der Waals surface area contributed by atoms with Crippen LogP contribution >= 0.6 is 15.9 Å². The Kier molecular flexibility index (Phi) is 3.02.